The first-order valence-electron chi connectivity index (χ1n) is 6.77. The molecule has 128 valence electrons. The largest absolute Gasteiger partial charge is 0.495 e. The van der Waals surface area contributed by atoms with Gasteiger partial charge in [-0.25, -0.2) is 13.1 Å². The highest BCUT2D eigenvalue weighted by atomic mass is 35.5. The molecule has 0 aliphatic rings. The molecule has 0 aromatic heterocycles. The van der Waals surface area contributed by atoms with Crippen molar-refractivity contribution in [1.82, 2.24) is 10.0 Å². The molecule has 1 rings (SSSR count). The summed E-state index contributed by atoms with van der Waals surface area (Å²) in [6.45, 7) is 5.82. The van der Waals surface area contributed by atoms with E-state index in [-0.39, 0.29) is 17.3 Å². The molecule has 1 aromatic carbocycles. The molecule has 0 aliphatic carbocycles. The van der Waals surface area contributed by atoms with E-state index in [1.165, 1.54) is 7.11 Å². The first-order valence-corrected chi connectivity index (χ1v) is 8.25. The van der Waals surface area contributed by atoms with Crippen molar-refractivity contribution in [3.8, 4) is 5.75 Å². The van der Waals surface area contributed by atoms with Crippen LogP contribution in [0.2, 0.25) is 0 Å². The number of ether oxygens (including phenoxy) is 2. The van der Waals surface area contributed by atoms with Crippen LogP contribution in [-0.2, 0) is 14.8 Å². The number of nitrogens with one attached hydrogen (secondary N) is 2. The van der Waals surface area contributed by atoms with Gasteiger partial charge in [-0.15, -0.1) is 12.4 Å². The monoisotopic (exact) mass is 352 g/mol. The second-order valence-electron chi connectivity index (χ2n) is 4.75. The SMILES string of the molecule is COCCNCCNS(=O)(=O)c1cc(C)cc(C)c1OC.Cl. The van der Waals surface area contributed by atoms with Crippen LogP contribution in [0.1, 0.15) is 11.1 Å². The maximum absolute atomic E-state index is 12.4. The first kappa shape index (κ1) is 21.1. The number of hydrogen-bond acceptors (Lipinski definition) is 5. The zero-order valence-corrected chi connectivity index (χ0v) is 15.1. The van der Waals surface area contributed by atoms with Crippen molar-refractivity contribution < 1.29 is 17.9 Å². The minimum atomic E-state index is -3.59. The van der Waals surface area contributed by atoms with Crippen LogP contribution in [0.3, 0.4) is 0 Å². The summed E-state index contributed by atoms with van der Waals surface area (Å²) in [4.78, 5) is 0.180. The summed E-state index contributed by atoms with van der Waals surface area (Å²) in [6, 6.07) is 3.51. The molecule has 0 saturated carbocycles. The van der Waals surface area contributed by atoms with Crippen molar-refractivity contribution in [3.05, 3.63) is 23.3 Å². The molecule has 0 saturated heterocycles. The summed E-state index contributed by atoms with van der Waals surface area (Å²) in [7, 11) is -0.490. The molecule has 0 aliphatic heterocycles. The Morgan fingerprint density at radius 2 is 1.77 bits per heavy atom. The second kappa shape index (κ2) is 10.0. The van der Waals surface area contributed by atoms with E-state index < -0.39 is 10.0 Å². The van der Waals surface area contributed by atoms with Crippen LogP contribution in [0, 0.1) is 13.8 Å². The smallest absolute Gasteiger partial charge is 0.244 e. The van der Waals surface area contributed by atoms with Gasteiger partial charge in [0.15, 0.2) is 0 Å². The zero-order chi connectivity index (χ0) is 15.9. The standard InChI is InChI=1S/C14H24N2O4S.ClH/c1-11-9-12(2)14(20-4)13(10-11)21(17,18)16-6-5-15-7-8-19-3;/h9-10,15-16H,5-8H2,1-4H3;1H. The minimum absolute atomic E-state index is 0. The topological polar surface area (TPSA) is 76.7 Å². The third-order valence-corrected chi connectivity index (χ3v) is 4.42. The summed E-state index contributed by atoms with van der Waals surface area (Å²) in [5, 5.41) is 3.08. The Bertz CT molecular complexity index is 564. The molecular weight excluding hydrogens is 328 g/mol. The Morgan fingerprint density at radius 1 is 1.09 bits per heavy atom. The Labute approximate surface area is 139 Å². The predicted octanol–water partition coefficient (Wildman–Crippen LogP) is 1.25. The molecule has 0 radical (unpaired) electrons. The van der Waals surface area contributed by atoms with E-state index in [2.05, 4.69) is 10.0 Å². The molecule has 1 aromatic rings. The van der Waals surface area contributed by atoms with E-state index in [9.17, 15) is 8.42 Å². The summed E-state index contributed by atoms with van der Waals surface area (Å²) in [5.41, 5.74) is 1.68. The molecule has 2 N–H and O–H groups in total. The maximum Gasteiger partial charge on any atom is 0.244 e. The molecule has 0 fully saturated rings. The summed E-state index contributed by atoms with van der Waals surface area (Å²) >= 11 is 0. The highest BCUT2D eigenvalue weighted by Crippen LogP contribution is 2.28. The van der Waals surface area contributed by atoms with Crippen LogP contribution in [0.4, 0.5) is 0 Å². The Morgan fingerprint density at radius 3 is 2.36 bits per heavy atom. The Kier molecular flexibility index (Phi) is 9.63. The third kappa shape index (κ3) is 6.10. The van der Waals surface area contributed by atoms with Gasteiger partial charge in [0.05, 0.1) is 13.7 Å². The summed E-state index contributed by atoms with van der Waals surface area (Å²) < 4.78 is 37.4. The molecular formula is C14H25ClN2O4S. The van der Waals surface area contributed by atoms with Gasteiger partial charge >= 0.3 is 0 Å². The highest BCUT2D eigenvalue weighted by molar-refractivity contribution is 7.89. The molecule has 0 atom stereocenters. The molecule has 0 heterocycles. The van der Waals surface area contributed by atoms with E-state index in [0.29, 0.717) is 32.0 Å². The number of methoxy groups -OCH3 is 2. The number of rotatable bonds is 9. The lowest BCUT2D eigenvalue weighted by atomic mass is 10.1. The van der Waals surface area contributed by atoms with E-state index in [0.717, 1.165) is 11.1 Å². The van der Waals surface area contributed by atoms with Crippen LogP contribution in [-0.4, -0.2) is 48.9 Å². The maximum atomic E-state index is 12.4. The summed E-state index contributed by atoms with van der Waals surface area (Å²) in [5.74, 6) is 0.389. The van der Waals surface area contributed by atoms with Gasteiger partial charge in [-0.3, -0.25) is 0 Å². The fourth-order valence-electron chi connectivity index (χ4n) is 2.03. The average Bonchev–Trinajstić information content (AvgIpc) is 2.42. The molecule has 0 unspecified atom stereocenters. The molecule has 0 spiro atoms. The quantitative estimate of drug-likeness (QED) is 0.654. The number of sulfonamides is 1. The van der Waals surface area contributed by atoms with Gasteiger partial charge < -0.3 is 14.8 Å². The van der Waals surface area contributed by atoms with Crippen LogP contribution in [0.5, 0.6) is 5.75 Å². The fraction of sp³-hybridized carbons (Fsp3) is 0.571. The van der Waals surface area contributed by atoms with Gasteiger partial charge in [-0.2, -0.15) is 0 Å². The lowest BCUT2D eigenvalue weighted by Crippen LogP contribution is -2.33. The minimum Gasteiger partial charge on any atom is -0.495 e. The lowest BCUT2D eigenvalue weighted by Gasteiger charge is -2.14. The van der Waals surface area contributed by atoms with Crippen LogP contribution >= 0.6 is 12.4 Å². The number of halogens is 1. The summed E-state index contributed by atoms with van der Waals surface area (Å²) in [6.07, 6.45) is 0. The van der Waals surface area contributed by atoms with E-state index in [1.807, 2.05) is 19.9 Å². The molecule has 0 amide bonds. The van der Waals surface area contributed by atoms with E-state index in [4.69, 9.17) is 9.47 Å². The molecule has 22 heavy (non-hydrogen) atoms. The van der Waals surface area contributed by atoms with Crippen LogP contribution in [0.15, 0.2) is 17.0 Å². The normalized spacial score (nSPS) is 11.1. The van der Waals surface area contributed by atoms with Crippen LogP contribution < -0.4 is 14.8 Å². The molecule has 6 nitrogen and oxygen atoms in total. The van der Waals surface area contributed by atoms with Crippen molar-refractivity contribution in [1.29, 1.82) is 0 Å². The van der Waals surface area contributed by atoms with Gasteiger partial charge in [0.25, 0.3) is 0 Å². The van der Waals surface area contributed by atoms with E-state index in [1.54, 1.807) is 13.2 Å². The Balaban J connectivity index is 0.00000441. The average molecular weight is 353 g/mol. The van der Waals surface area contributed by atoms with Crippen molar-refractivity contribution in [2.75, 3.05) is 40.5 Å². The Hall–Kier alpha value is -0.860. The van der Waals surface area contributed by atoms with Crippen LogP contribution in [0.25, 0.3) is 0 Å². The van der Waals surface area contributed by atoms with Gasteiger partial charge in [-0.05, 0) is 31.0 Å². The number of benzene rings is 1. The lowest BCUT2D eigenvalue weighted by molar-refractivity contribution is 0.199. The van der Waals surface area contributed by atoms with Crippen molar-refractivity contribution in [2.24, 2.45) is 0 Å². The molecule has 0 bridgehead atoms. The second-order valence-corrected chi connectivity index (χ2v) is 6.49. The van der Waals surface area contributed by atoms with E-state index >= 15 is 0 Å². The molecule has 8 heteroatoms. The van der Waals surface area contributed by atoms with Gasteiger partial charge in [-0.1, -0.05) is 6.07 Å². The van der Waals surface area contributed by atoms with Crippen molar-refractivity contribution in [2.45, 2.75) is 18.7 Å². The van der Waals surface area contributed by atoms with Gasteiger partial charge in [0.2, 0.25) is 10.0 Å². The zero-order valence-electron chi connectivity index (χ0n) is 13.4. The first-order chi connectivity index (χ1) is 9.92. The third-order valence-electron chi connectivity index (χ3n) is 2.96. The highest BCUT2D eigenvalue weighted by Gasteiger charge is 2.20. The number of hydrogen-bond donors (Lipinski definition) is 2. The van der Waals surface area contributed by atoms with Crippen molar-refractivity contribution in [3.63, 3.8) is 0 Å². The number of aryl methyl sites for hydroxylation is 2. The van der Waals surface area contributed by atoms with Crippen molar-refractivity contribution >= 4 is 22.4 Å². The predicted molar refractivity (Wildman–Crippen MR) is 89.7 cm³/mol. The fourth-order valence-corrected chi connectivity index (χ4v) is 3.38. The van der Waals surface area contributed by atoms with Gasteiger partial charge in [0, 0.05) is 26.7 Å². The van der Waals surface area contributed by atoms with Gasteiger partial charge in [0.1, 0.15) is 10.6 Å².